The summed E-state index contributed by atoms with van der Waals surface area (Å²) in [6.07, 6.45) is 6.53. The average Bonchev–Trinajstić information content (AvgIpc) is 3.44. The molecule has 1 N–H and O–H groups in total. The number of halogens is 2. The first-order chi connectivity index (χ1) is 12.5. The van der Waals surface area contributed by atoms with Gasteiger partial charge < -0.3 is 5.11 Å². The molecular weight excluding hydrogens is 401 g/mol. The van der Waals surface area contributed by atoms with E-state index in [1.807, 2.05) is 0 Å². The van der Waals surface area contributed by atoms with Crippen molar-refractivity contribution in [3.63, 3.8) is 0 Å². The largest absolute Gasteiger partial charge is 0.503 e. The molecule has 0 aromatic heterocycles. The van der Waals surface area contributed by atoms with Crippen LogP contribution in [0.25, 0.3) is 0 Å². The lowest BCUT2D eigenvalue weighted by Gasteiger charge is -2.35. The van der Waals surface area contributed by atoms with Crippen LogP contribution in [-0.2, 0) is 9.59 Å². The van der Waals surface area contributed by atoms with Crippen LogP contribution in [0.2, 0.25) is 0 Å². The molecule has 0 spiro atoms. The molecule has 1 aliphatic heterocycles. The Labute approximate surface area is 160 Å². The van der Waals surface area contributed by atoms with Crippen molar-refractivity contribution in [3.8, 4) is 0 Å². The number of hydrogen-bond acceptors (Lipinski definition) is 3. The lowest BCUT2D eigenvalue weighted by atomic mass is 9.79. The lowest BCUT2D eigenvalue weighted by molar-refractivity contribution is -0.118. The fourth-order valence-corrected chi connectivity index (χ4v) is 4.62. The van der Waals surface area contributed by atoms with E-state index in [2.05, 4.69) is 15.9 Å². The third-order valence-electron chi connectivity index (χ3n) is 5.73. The number of ketones is 1. The van der Waals surface area contributed by atoms with E-state index >= 15 is 0 Å². The molecule has 0 saturated heterocycles. The van der Waals surface area contributed by atoms with Gasteiger partial charge in [0.2, 0.25) is 0 Å². The number of carbonyl (C=O) groups is 2. The van der Waals surface area contributed by atoms with E-state index in [0.29, 0.717) is 4.47 Å². The number of nitrogens with zero attached hydrogens (tertiary/aromatic N) is 1. The molecule has 1 aromatic carbocycles. The van der Waals surface area contributed by atoms with Crippen molar-refractivity contribution in [3.05, 3.63) is 39.8 Å². The Morgan fingerprint density at radius 3 is 2.46 bits per heavy atom. The fraction of sp³-hybridized carbons (Fsp3) is 0.500. The second kappa shape index (κ2) is 6.80. The van der Waals surface area contributed by atoms with Crippen molar-refractivity contribution < 1.29 is 19.1 Å². The van der Waals surface area contributed by atoms with Gasteiger partial charge in [-0.05, 0) is 49.8 Å². The smallest absolute Gasteiger partial charge is 0.294 e. The van der Waals surface area contributed by atoms with Gasteiger partial charge in [0.05, 0.1) is 17.3 Å². The summed E-state index contributed by atoms with van der Waals surface area (Å²) >= 11 is 3.23. The SMILES string of the molecule is O=C(C1=C(O)C(=O)N(c2ccc(Br)cc2F)C1C1CCCCC1)C1CC1. The van der Waals surface area contributed by atoms with Gasteiger partial charge >= 0.3 is 0 Å². The van der Waals surface area contributed by atoms with Crippen LogP contribution < -0.4 is 4.90 Å². The Balaban J connectivity index is 1.79. The van der Waals surface area contributed by atoms with Crippen LogP contribution >= 0.6 is 15.9 Å². The van der Waals surface area contributed by atoms with E-state index < -0.39 is 23.5 Å². The van der Waals surface area contributed by atoms with E-state index in [-0.39, 0.29) is 28.9 Å². The van der Waals surface area contributed by atoms with Gasteiger partial charge in [-0.15, -0.1) is 0 Å². The number of anilines is 1. The van der Waals surface area contributed by atoms with Crippen LogP contribution in [0, 0.1) is 17.7 Å². The number of carbonyl (C=O) groups excluding carboxylic acids is 2. The highest BCUT2D eigenvalue weighted by Crippen LogP contribution is 2.44. The van der Waals surface area contributed by atoms with Crippen LogP contribution in [0.1, 0.15) is 44.9 Å². The molecule has 2 aliphatic carbocycles. The van der Waals surface area contributed by atoms with Gasteiger partial charge in [-0.3, -0.25) is 14.5 Å². The molecule has 1 aromatic rings. The topological polar surface area (TPSA) is 57.6 Å². The molecule has 1 amide bonds. The Bertz CT molecular complexity index is 796. The summed E-state index contributed by atoms with van der Waals surface area (Å²) in [5, 5.41) is 10.5. The van der Waals surface area contributed by atoms with Gasteiger partial charge in [-0.1, -0.05) is 35.2 Å². The molecule has 4 rings (SSSR count). The zero-order valence-electron chi connectivity index (χ0n) is 14.4. The van der Waals surface area contributed by atoms with E-state index in [1.165, 1.54) is 17.0 Å². The normalized spacial score (nSPS) is 24.5. The Kier molecular flexibility index (Phi) is 4.63. The number of rotatable bonds is 4. The Morgan fingerprint density at radius 2 is 1.85 bits per heavy atom. The second-order valence-corrected chi connectivity index (χ2v) is 8.43. The maximum atomic E-state index is 14.6. The van der Waals surface area contributed by atoms with Gasteiger partial charge in [0.15, 0.2) is 11.5 Å². The summed E-state index contributed by atoms with van der Waals surface area (Å²) in [4.78, 5) is 27.0. The zero-order chi connectivity index (χ0) is 18.4. The van der Waals surface area contributed by atoms with Crippen molar-refractivity contribution in [2.45, 2.75) is 51.0 Å². The monoisotopic (exact) mass is 421 g/mol. The molecule has 26 heavy (non-hydrogen) atoms. The summed E-state index contributed by atoms with van der Waals surface area (Å²) < 4.78 is 15.2. The third-order valence-corrected chi connectivity index (χ3v) is 6.22. The van der Waals surface area contributed by atoms with Crippen molar-refractivity contribution in [2.75, 3.05) is 4.90 Å². The summed E-state index contributed by atoms with van der Waals surface area (Å²) in [6, 6.07) is 3.94. The maximum Gasteiger partial charge on any atom is 0.294 e. The maximum absolute atomic E-state index is 14.6. The first kappa shape index (κ1) is 17.7. The molecule has 4 nitrogen and oxygen atoms in total. The minimum absolute atomic E-state index is 0.0677. The van der Waals surface area contributed by atoms with E-state index in [0.717, 1.165) is 44.9 Å². The highest BCUT2D eigenvalue weighted by Gasteiger charge is 2.50. The predicted molar refractivity (Wildman–Crippen MR) is 99.3 cm³/mol. The summed E-state index contributed by atoms with van der Waals surface area (Å²) in [7, 11) is 0. The molecule has 2 saturated carbocycles. The summed E-state index contributed by atoms with van der Waals surface area (Å²) in [5.41, 5.74) is 0.339. The van der Waals surface area contributed by atoms with Crippen LogP contribution in [0.5, 0.6) is 0 Å². The second-order valence-electron chi connectivity index (χ2n) is 7.51. The van der Waals surface area contributed by atoms with Gasteiger partial charge in [-0.2, -0.15) is 0 Å². The molecule has 6 heteroatoms. The number of hydrogen-bond donors (Lipinski definition) is 1. The van der Waals surface area contributed by atoms with Crippen LogP contribution in [-0.4, -0.2) is 22.8 Å². The highest BCUT2D eigenvalue weighted by molar-refractivity contribution is 9.10. The van der Waals surface area contributed by atoms with Crippen molar-refractivity contribution in [1.29, 1.82) is 0 Å². The first-order valence-electron chi connectivity index (χ1n) is 9.25. The van der Waals surface area contributed by atoms with E-state index in [9.17, 15) is 19.1 Å². The standard InChI is InChI=1S/C20H21BrFNO3/c21-13-8-9-15(14(22)10-13)23-17(11-4-2-1-3-5-11)16(19(25)20(23)26)18(24)12-6-7-12/h8-12,17,25H,1-7H2. The van der Waals surface area contributed by atoms with Gasteiger partial charge in [0.25, 0.3) is 5.91 Å². The number of amides is 1. The predicted octanol–water partition coefficient (Wildman–Crippen LogP) is 4.67. The minimum atomic E-state index is -0.661. The molecular formula is C20H21BrFNO3. The quantitative estimate of drug-likeness (QED) is 0.767. The van der Waals surface area contributed by atoms with Crippen molar-refractivity contribution >= 4 is 33.3 Å². The van der Waals surface area contributed by atoms with Crippen LogP contribution in [0.15, 0.2) is 34.0 Å². The Morgan fingerprint density at radius 1 is 1.15 bits per heavy atom. The molecule has 3 aliphatic rings. The molecule has 0 radical (unpaired) electrons. The van der Waals surface area contributed by atoms with Gasteiger partial charge in [-0.25, -0.2) is 4.39 Å². The molecule has 138 valence electrons. The van der Waals surface area contributed by atoms with Crippen LogP contribution in [0.3, 0.4) is 0 Å². The molecule has 1 heterocycles. The van der Waals surface area contributed by atoms with E-state index in [1.54, 1.807) is 6.07 Å². The first-order valence-corrected chi connectivity index (χ1v) is 10.0. The molecule has 1 unspecified atom stereocenters. The minimum Gasteiger partial charge on any atom is -0.503 e. The van der Waals surface area contributed by atoms with E-state index in [4.69, 9.17) is 0 Å². The number of benzene rings is 1. The van der Waals surface area contributed by atoms with Gasteiger partial charge in [0, 0.05) is 10.4 Å². The summed E-state index contributed by atoms with van der Waals surface area (Å²) in [6.45, 7) is 0. The van der Waals surface area contributed by atoms with Gasteiger partial charge in [0.1, 0.15) is 5.82 Å². The number of aliphatic hydroxyl groups is 1. The Hall–Kier alpha value is -1.69. The third kappa shape index (κ3) is 2.98. The highest BCUT2D eigenvalue weighted by atomic mass is 79.9. The molecule has 2 fully saturated rings. The molecule has 0 bridgehead atoms. The van der Waals surface area contributed by atoms with Crippen molar-refractivity contribution in [1.82, 2.24) is 0 Å². The molecule has 1 atom stereocenters. The fourth-order valence-electron chi connectivity index (χ4n) is 4.28. The van der Waals surface area contributed by atoms with Crippen LogP contribution in [0.4, 0.5) is 10.1 Å². The summed E-state index contributed by atoms with van der Waals surface area (Å²) in [5.74, 6) is -1.85. The average molecular weight is 422 g/mol. The zero-order valence-corrected chi connectivity index (χ0v) is 16.0. The number of Topliss-reactive ketones (excluding diaryl/α,β-unsaturated/α-hetero) is 1. The lowest BCUT2D eigenvalue weighted by Crippen LogP contribution is -2.43. The number of aliphatic hydroxyl groups excluding tert-OH is 1. The van der Waals surface area contributed by atoms with Crippen molar-refractivity contribution in [2.24, 2.45) is 11.8 Å².